The molecule has 0 saturated carbocycles. The summed E-state index contributed by atoms with van der Waals surface area (Å²) < 4.78 is 5.51. The lowest BCUT2D eigenvalue weighted by molar-refractivity contribution is -0.118. The van der Waals surface area contributed by atoms with Crippen molar-refractivity contribution in [3.8, 4) is 5.75 Å². The van der Waals surface area contributed by atoms with Crippen LogP contribution in [0.4, 0.5) is 5.82 Å². The summed E-state index contributed by atoms with van der Waals surface area (Å²) in [4.78, 5) is 11.8. The molecular formula is C15H19N3O2. The number of hydrogen-bond acceptors (Lipinski definition) is 3. The van der Waals surface area contributed by atoms with Crippen LogP contribution in [-0.2, 0) is 11.2 Å². The Hall–Kier alpha value is -2.30. The van der Waals surface area contributed by atoms with Crippen LogP contribution in [0.25, 0.3) is 0 Å². The Morgan fingerprint density at radius 3 is 2.80 bits per heavy atom. The number of carbonyl (C=O) groups is 1. The van der Waals surface area contributed by atoms with Crippen LogP contribution in [0, 0.1) is 13.8 Å². The minimum atomic E-state index is -0.223. The van der Waals surface area contributed by atoms with Crippen LogP contribution in [0.15, 0.2) is 24.3 Å². The zero-order valence-corrected chi connectivity index (χ0v) is 12.0. The van der Waals surface area contributed by atoms with Gasteiger partial charge in [0, 0.05) is 11.8 Å². The van der Waals surface area contributed by atoms with Gasteiger partial charge < -0.3 is 10.1 Å². The Morgan fingerprint density at radius 1 is 1.35 bits per heavy atom. The van der Waals surface area contributed by atoms with Gasteiger partial charge in [-0.05, 0) is 31.9 Å². The highest BCUT2D eigenvalue weighted by Gasteiger charge is 2.07. The molecule has 2 aromatic rings. The standard InChI is InChI=1S/C15H19N3O2/c1-4-12-8-14(18-17-12)16-15(19)9-20-13-6-5-10(2)7-11(13)3/h5-8H,4,9H2,1-3H3,(H2,16,17,18,19). The molecule has 0 spiro atoms. The molecule has 2 N–H and O–H groups in total. The Balaban J connectivity index is 1.88. The second kappa shape index (κ2) is 6.23. The maximum atomic E-state index is 11.8. The lowest BCUT2D eigenvalue weighted by atomic mass is 10.1. The number of aryl methyl sites for hydroxylation is 3. The highest BCUT2D eigenvalue weighted by molar-refractivity contribution is 5.90. The van der Waals surface area contributed by atoms with Crippen molar-refractivity contribution in [3.05, 3.63) is 41.1 Å². The smallest absolute Gasteiger partial charge is 0.263 e. The van der Waals surface area contributed by atoms with Gasteiger partial charge in [0.1, 0.15) is 5.75 Å². The van der Waals surface area contributed by atoms with E-state index in [1.807, 2.05) is 45.0 Å². The van der Waals surface area contributed by atoms with Crippen LogP contribution < -0.4 is 10.1 Å². The number of H-pyrrole nitrogens is 1. The molecule has 1 heterocycles. The lowest BCUT2D eigenvalue weighted by Crippen LogP contribution is -2.20. The normalized spacial score (nSPS) is 10.3. The Labute approximate surface area is 118 Å². The van der Waals surface area contributed by atoms with Crippen molar-refractivity contribution in [2.75, 3.05) is 11.9 Å². The van der Waals surface area contributed by atoms with Crippen LogP contribution >= 0.6 is 0 Å². The molecule has 0 aliphatic rings. The van der Waals surface area contributed by atoms with Crippen LogP contribution in [0.3, 0.4) is 0 Å². The van der Waals surface area contributed by atoms with Crippen molar-refractivity contribution >= 4 is 11.7 Å². The fraction of sp³-hybridized carbons (Fsp3) is 0.333. The molecule has 0 aliphatic carbocycles. The molecular weight excluding hydrogens is 254 g/mol. The second-order valence-corrected chi connectivity index (χ2v) is 4.74. The number of ether oxygens (including phenoxy) is 1. The molecule has 0 atom stereocenters. The largest absolute Gasteiger partial charge is 0.483 e. The number of benzene rings is 1. The van der Waals surface area contributed by atoms with Gasteiger partial charge in [-0.3, -0.25) is 9.89 Å². The lowest BCUT2D eigenvalue weighted by Gasteiger charge is -2.09. The predicted molar refractivity (Wildman–Crippen MR) is 78.0 cm³/mol. The number of hydrogen-bond donors (Lipinski definition) is 2. The van der Waals surface area contributed by atoms with Crippen LogP contribution in [-0.4, -0.2) is 22.7 Å². The maximum Gasteiger partial charge on any atom is 0.263 e. The van der Waals surface area contributed by atoms with Gasteiger partial charge in [-0.2, -0.15) is 5.10 Å². The van der Waals surface area contributed by atoms with E-state index in [2.05, 4.69) is 15.5 Å². The number of nitrogens with zero attached hydrogens (tertiary/aromatic N) is 1. The molecule has 0 aliphatic heterocycles. The zero-order valence-electron chi connectivity index (χ0n) is 12.0. The Morgan fingerprint density at radius 2 is 2.15 bits per heavy atom. The number of rotatable bonds is 5. The summed E-state index contributed by atoms with van der Waals surface area (Å²) in [6.07, 6.45) is 0.849. The van der Waals surface area contributed by atoms with E-state index in [-0.39, 0.29) is 12.5 Å². The Bertz CT molecular complexity index is 605. The number of carbonyl (C=O) groups excluding carboxylic acids is 1. The van der Waals surface area contributed by atoms with Crippen molar-refractivity contribution in [1.29, 1.82) is 0 Å². The highest BCUT2D eigenvalue weighted by atomic mass is 16.5. The van der Waals surface area contributed by atoms with E-state index in [9.17, 15) is 4.79 Å². The van der Waals surface area contributed by atoms with E-state index >= 15 is 0 Å². The average Bonchev–Trinajstić information content (AvgIpc) is 2.85. The topological polar surface area (TPSA) is 67.0 Å². The van der Waals surface area contributed by atoms with Gasteiger partial charge in [-0.25, -0.2) is 0 Å². The summed E-state index contributed by atoms with van der Waals surface area (Å²) >= 11 is 0. The van der Waals surface area contributed by atoms with Gasteiger partial charge in [-0.15, -0.1) is 0 Å². The first-order chi connectivity index (χ1) is 9.58. The van der Waals surface area contributed by atoms with E-state index in [0.29, 0.717) is 5.82 Å². The first-order valence-electron chi connectivity index (χ1n) is 6.62. The molecule has 2 rings (SSSR count). The fourth-order valence-corrected chi connectivity index (χ4v) is 1.89. The number of aromatic nitrogens is 2. The van der Waals surface area contributed by atoms with E-state index in [4.69, 9.17) is 4.74 Å². The van der Waals surface area contributed by atoms with Gasteiger partial charge in [-0.1, -0.05) is 24.6 Å². The average molecular weight is 273 g/mol. The molecule has 0 unspecified atom stereocenters. The number of aromatic amines is 1. The quantitative estimate of drug-likeness (QED) is 0.880. The summed E-state index contributed by atoms with van der Waals surface area (Å²) in [5, 5.41) is 9.53. The number of anilines is 1. The summed E-state index contributed by atoms with van der Waals surface area (Å²) in [5.74, 6) is 1.03. The van der Waals surface area contributed by atoms with Crippen LogP contribution in [0.5, 0.6) is 5.75 Å². The minimum Gasteiger partial charge on any atom is -0.483 e. The molecule has 5 heteroatoms. The van der Waals surface area contributed by atoms with E-state index in [1.165, 1.54) is 5.56 Å². The van der Waals surface area contributed by atoms with Gasteiger partial charge in [0.15, 0.2) is 12.4 Å². The van der Waals surface area contributed by atoms with Crippen molar-refractivity contribution in [2.45, 2.75) is 27.2 Å². The van der Waals surface area contributed by atoms with E-state index in [1.54, 1.807) is 0 Å². The van der Waals surface area contributed by atoms with Crippen LogP contribution in [0.1, 0.15) is 23.7 Å². The summed E-state index contributed by atoms with van der Waals surface area (Å²) in [5.41, 5.74) is 3.17. The summed E-state index contributed by atoms with van der Waals surface area (Å²) in [7, 11) is 0. The first-order valence-corrected chi connectivity index (χ1v) is 6.62. The van der Waals surface area contributed by atoms with Crippen LogP contribution in [0.2, 0.25) is 0 Å². The Kier molecular flexibility index (Phi) is 4.40. The third-order valence-electron chi connectivity index (χ3n) is 2.97. The molecule has 1 aromatic heterocycles. The third kappa shape index (κ3) is 3.60. The molecule has 1 aromatic carbocycles. The molecule has 0 fully saturated rings. The monoisotopic (exact) mass is 273 g/mol. The summed E-state index contributed by atoms with van der Waals surface area (Å²) in [6.45, 7) is 5.97. The third-order valence-corrected chi connectivity index (χ3v) is 2.97. The fourth-order valence-electron chi connectivity index (χ4n) is 1.89. The van der Waals surface area contributed by atoms with Gasteiger partial charge in [0.2, 0.25) is 0 Å². The SMILES string of the molecule is CCc1cc(NC(=O)COc2ccc(C)cc2C)n[nH]1. The number of nitrogens with one attached hydrogen (secondary N) is 2. The second-order valence-electron chi connectivity index (χ2n) is 4.74. The molecule has 0 radical (unpaired) electrons. The maximum absolute atomic E-state index is 11.8. The first kappa shape index (κ1) is 14.1. The molecule has 5 nitrogen and oxygen atoms in total. The van der Waals surface area contributed by atoms with Crippen molar-refractivity contribution < 1.29 is 9.53 Å². The highest BCUT2D eigenvalue weighted by Crippen LogP contribution is 2.18. The molecule has 0 bridgehead atoms. The van der Waals surface area contributed by atoms with Crippen molar-refractivity contribution in [1.82, 2.24) is 10.2 Å². The molecule has 106 valence electrons. The molecule has 20 heavy (non-hydrogen) atoms. The van der Waals surface area contributed by atoms with Crippen molar-refractivity contribution in [3.63, 3.8) is 0 Å². The van der Waals surface area contributed by atoms with E-state index in [0.717, 1.165) is 23.4 Å². The molecule has 0 saturated heterocycles. The zero-order chi connectivity index (χ0) is 14.5. The predicted octanol–water partition coefficient (Wildman–Crippen LogP) is 2.61. The van der Waals surface area contributed by atoms with Crippen molar-refractivity contribution in [2.24, 2.45) is 0 Å². The summed E-state index contributed by atoms with van der Waals surface area (Å²) in [6, 6.07) is 7.67. The molecule has 1 amide bonds. The van der Waals surface area contributed by atoms with Gasteiger partial charge in [0.05, 0.1) is 0 Å². The minimum absolute atomic E-state index is 0.0295. The van der Waals surface area contributed by atoms with Gasteiger partial charge >= 0.3 is 0 Å². The van der Waals surface area contributed by atoms with E-state index < -0.39 is 0 Å². The van der Waals surface area contributed by atoms with Gasteiger partial charge in [0.25, 0.3) is 5.91 Å². The number of amides is 1.